The van der Waals surface area contributed by atoms with Crippen molar-refractivity contribution in [2.45, 2.75) is 6.42 Å². The average molecular weight is 352 g/mol. The van der Waals surface area contributed by atoms with Gasteiger partial charge in [-0.05, 0) is 24.3 Å². The highest BCUT2D eigenvalue weighted by molar-refractivity contribution is 7.13. The van der Waals surface area contributed by atoms with Gasteiger partial charge in [-0.3, -0.25) is 14.9 Å². The van der Waals surface area contributed by atoms with Crippen LogP contribution in [0.2, 0.25) is 0 Å². The van der Waals surface area contributed by atoms with Crippen LogP contribution in [0.25, 0.3) is 0 Å². The third-order valence-electron chi connectivity index (χ3n) is 2.77. The first-order chi connectivity index (χ1) is 11.5. The predicted octanol–water partition coefficient (Wildman–Crippen LogP) is 1.79. The number of ether oxygens (including phenoxy) is 2. The Morgan fingerprint density at radius 2 is 1.96 bits per heavy atom. The summed E-state index contributed by atoms with van der Waals surface area (Å²) in [6.45, 7) is -0.512. The molecule has 0 aliphatic heterocycles. The molecule has 0 aliphatic rings. The minimum absolute atomic E-state index is 0.00240. The van der Waals surface area contributed by atoms with E-state index in [-0.39, 0.29) is 17.1 Å². The van der Waals surface area contributed by atoms with Crippen LogP contribution >= 0.6 is 11.3 Å². The molecule has 24 heavy (non-hydrogen) atoms. The number of amides is 1. The van der Waals surface area contributed by atoms with Crippen molar-refractivity contribution in [1.29, 1.82) is 0 Å². The predicted molar refractivity (Wildman–Crippen MR) is 83.1 cm³/mol. The summed E-state index contributed by atoms with van der Waals surface area (Å²) in [5.74, 6) is -2.23. The van der Waals surface area contributed by atoms with Gasteiger partial charge in [0.05, 0.1) is 24.8 Å². The van der Waals surface area contributed by atoms with E-state index in [0.717, 1.165) is 23.5 Å². The van der Waals surface area contributed by atoms with E-state index >= 15 is 0 Å². The first-order valence-corrected chi connectivity index (χ1v) is 7.59. The quantitative estimate of drug-likeness (QED) is 0.797. The third kappa shape index (κ3) is 5.13. The highest BCUT2D eigenvalue weighted by atomic mass is 32.1. The maximum atomic E-state index is 12.8. The van der Waals surface area contributed by atoms with Crippen LogP contribution in [-0.4, -0.2) is 36.5 Å². The lowest BCUT2D eigenvalue weighted by Gasteiger charge is -2.04. The van der Waals surface area contributed by atoms with Gasteiger partial charge in [0.25, 0.3) is 5.91 Å². The number of nitrogens with zero attached hydrogens (tertiary/aromatic N) is 1. The third-order valence-corrected chi connectivity index (χ3v) is 3.57. The summed E-state index contributed by atoms with van der Waals surface area (Å²) in [4.78, 5) is 38.6. The van der Waals surface area contributed by atoms with Gasteiger partial charge in [0.1, 0.15) is 5.82 Å². The fourth-order valence-corrected chi connectivity index (χ4v) is 2.35. The lowest BCUT2D eigenvalue weighted by Crippen LogP contribution is -2.21. The molecule has 1 aromatic carbocycles. The zero-order chi connectivity index (χ0) is 17.5. The van der Waals surface area contributed by atoms with Crippen molar-refractivity contribution in [3.05, 3.63) is 46.7 Å². The molecule has 0 radical (unpaired) electrons. The SMILES string of the molecule is COC(=O)Cc1csc(NC(=O)COC(=O)c2ccc(F)cc2)n1. The smallest absolute Gasteiger partial charge is 0.338 e. The second kappa shape index (κ2) is 8.16. The van der Waals surface area contributed by atoms with Gasteiger partial charge in [-0.2, -0.15) is 0 Å². The van der Waals surface area contributed by atoms with Crippen LogP contribution in [-0.2, 0) is 25.5 Å². The van der Waals surface area contributed by atoms with E-state index in [1.54, 1.807) is 5.38 Å². The lowest BCUT2D eigenvalue weighted by molar-refractivity contribution is -0.139. The Bertz CT molecular complexity index is 745. The second-order valence-corrected chi connectivity index (χ2v) is 5.39. The first-order valence-electron chi connectivity index (χ1n) is 6.71. The minimum Gasteiger partial charge on any atom is -0.469 e. The monoisotopic (exact) mass is 352 g/mol. The highest BCUT2D eigenvalue weighted by Gasteiger charge is 2.13. The number of hydrogen-bond acceptors (Lipinski definition) is 7. The van der Waals surface area contributed by atoms with E-state index in [0.29, 0.717) is 5.69 Å². The lowest BCUT2D eigenvalue weighted by atomic mass is 10.2. The summed E-state index contributed by atoms with van der Waals surface area (Å²) in [5.41, 5.74) is 0.601. The molecule has 1 amide bonds. The minimum atomic E-state index is -0.740. The van der Waals surface area contributed by atoms with Gasteiger partial charge >= 0.3 is 11.9 Å². The normalized spacial score (nSPS) is 10.1. The molecule has 9 heteroatoms. The van der Waals surface area contributed by atoms with Crippen molar-refractivity contribution in [2.75, 3.05) is 19.0 Å². The highest BCUT2D eigenvalue weighted by Crippen LogP contribution is 2.16. The molecule has 0 bridgehead atoms. The Morgan fingerprint density at radius 3 is 2.62 bits per heavy atom. The van der Waals surface area contributed by atoms with Crippen LogP contribution in [0.4, 0.5) is 9.52 Å². The standard InChI is InChI=1S/C15H13FN2O5S/c1-22-13(20)6-11-8-24-15(17-11)18-12(19)7-23-14(21)9-2-4-10(16)5-3-9/h2-5,8H,6-7H2,1H3,(H,17,18,19). The van der Waals surface area contributed by atoms with E-state index in [2.05, 4.69) is 15.0 Å². The van der Waals surface area contributed by atoms with Crippen LogP contribution in [0, 0.1) is 5.82 Å². The molecule has 0 spiro atoms. The number of rotatable bonds is 6. The molecule has 0 unspecified atom stereocenters. The van der Waals surface area contributed by atoms with Crippen molar-refractivity contribution >= 4 is 34.3 Å². The van der Waals surface area contributed by atoms with Crippen molar-refractivity contribution in [3.63, 3.8) is 0 Å². The maximum absolute atomic E-state index is 12.8. The van der Waals surface area contributed by atoms with E-state index < -0.39 is 30.3 Å². The molecule has 1 N–H and O–H groups in total. The number of aromatic nitrogens is 1. The van der Waals surface area contributed by atoms with Crippen LogP contribution in [0.3, 0.4) is 0 Å². The van der Waals surface area contributed by atoms with Crippen LogP contribution in [0.5, 0.6) is 0 Å². The number of carbonyl (C=O) groups is 3. The van der Waals surface area contributed by atoms with E-state index in [1.807, 2.05) is 0 Å². The summed E-state index contributed by atoms with van der Waals surface area (Å²) in [5, 5.41) is 4.33. The second-order valence-electron chi connectivity index (χ2n) is 4.53. The van der Waals surface area contributed by atoms with Crippen LogP contribution < -0.4 is 5.32 Å². The molecule has 126 valence electrons. The van der Waals surface area contributed by atoms with Gasteiger partial charge in [-0.15, -0.1) is 11.3 Å². The molecule has 7 nitrogen and oxygen atoms in total. The van der Waals surface area contributed by atoms with E-state index in [4.69, 9.17) is 4.74 Å². The molecule has 1 aromatic heterocycles. The summed E-state index contributed by atoms with van der Waals surface area (Å²) >= 11 is 1.13. The number of halogens is 1. The summed E-state index contributed by atoms with van der Waals surface area (Å²) in [6.07, 6.45) is 0.00240. The Kier molecular flexibility index (Phi) is 5.96. The van der Waals surface area contributed by atoms with Crippen molar-refractivity contribution in [1.82, 2.24) is 4.98 Å². The Balaban J connectivity index is 1.82. The molecule has 2 aromatic rings. The van der Waals surface area contributed by atoms with Gasteiger partial charge in [0, 0.05) is 5.38 Å². The number of hydrogen-bond donors (Lipinski definition) is 1. The van der Waals surface area contributed by atoms with Gasteiger partial charge in [0.2, 0.25) is 0 Å². The summed E-state index contributed by atoms with van der Waals surface area (Å²) in [6, 6.07) is 4.76. The first kappa shape index (κ1) is 17.5. The number of carbonyl (C=O) groups excluding carboxylic acids is 3. The molecular weight excluding hydrogens is 339 g/mol. The Morgan fingerprint density at radius 1 is 1.25 bits per heavy atom. The van der Waals surface area contributed by atoms with E-state index in [9.17, 15) is 18.8 Å². The fourth-order valence-electron chi connectivity index (χ4n) is 1.62. The number of thiazole rings is 1. The molecule has 0 atom stereocenters. The van der Waals surface area contributed by atoms with Gasteiger partial charge in [0.15, 0.2) is 11.7 Å². The number of benzene rings is 1. The fraction of sp³-hybridized carbons (Fsp3) is 0.200. The summed E-state index contributed by atoms with van der Waals surface area (Å²) in [7, 11) is 1.27. The summed E-state index contributed by atoms with van der Waals surface area (Å²) < 4.78 is 22.1. The van der Waals surface area contributed by atoms with Gasteiger partial charge in [-0.25, -0.2) is 14.2 Å². The van der Waals surface area contributed by atoms with E-state index in [1.165, 1.54) is 19.2 Å². The van der Waals surface area contributed by atoms with Crippen LogP contribution in [0.1, 0.15) is 16.1 Å². The van der Waals surface area contributed by atoms with Crippen molar-refractivity contribution in [2.24, 2.45) is 0 Å². The van der Waals surface area contributed by atoms with Crippen LogP contribution in [0.15, 0.2) is 29.6 Å². The van der Waals surface area contributed by atoms with Crippen molar-refractivity contribution in [3.8, 4) is 0 Å². The zero-order valence-corrected chi connectivity index (χ0v) is 13.4. The molecule has 0 saturated carbocycles. The number of nitrogens with one attached hydrogen (secondary N) is 1. The number of anilines is 1. The Labute approximate surface area is 140 Å². The molecule has 1 heterocycles. The molecule has 0 aliphatic carbocycles. The zero-order valence-electron chi connectivity index (χ0n) is 12.6. The van der Waals surface area contributed by atoms with Gasteiger partial charge < -0.3 is 9.47 Å². The molecule has 0 fully saturated rings. The maximum Gasteiger partial charge on any atom is 0.338 e. The number of methoxy groups -OCH3 is 1. The van der Waals surface area contributed by atoms with Gasteiger partial charge in [-0.1, -0.05) is 0 Å². The Hall–Kier alpha value is -2.81. The molecule has 0 saturated heterocycles. The molecular formula is C15H13FN2O5S. The number of esters is 2. The van der Waals surface area contributed by atoms with Crippen molar-refractivity contribution < 1.29 is 28.2 Å². The topological polar surface area (TPSA) is 94.6 Å². The average Bonchev–Trinajstić information content (AvgIpc) is 3.00. The molecule has 2 rings (SSSR count). The largest absolute Gasteiger partial charge is 0.469 e.